The Balaban J connectivity index is 1.66. The third kappa shape index (κ3) is 3.57. The number of Topliss-reactive ketones (excluding diaryl/α,β-unsaturated/α-hetero) is 1. The summed E-state index contributed by atoms with van der Waals surface area (Å²) in [6.45, 7) is 0.481. The van der Waals surface area contributed by atoms with Crippen LogP contribution in [0.1, 0.15) is 33.6 Å². The van der Waals surface area contributed by atoms with Crippen LogP contribution in [0.5, 0.6) is 0 Å². The van der Waals surface area contributed by atoms with Crippen molar-refractivity contribution in [1.29, 1.82) is 0 Å². The van der Waals surface area contributed by atoms with Crippen molar-refractivity contribution in [3.8, 4) is 0 Å². The Kier molecular flexibility index (Phi) is 4.88. The lowest BCUT2D eigenvalue weighted by molar-refractivity contribution is 0.0642. The van der Waals surface area contributed by atoms with Crippen LogP contribution in [-0.2, 0) is 0 Å². The topological polar surface area (TPSA) is 37.4 Å². The first kappa shape index (κ1) is 17.2. The number of ketones is 1. The van der Waals surface area contributed by atoms with Crippen molar-refractivity contribution < 1.29 is 22.8 Å². The van der Waals surface area contributed by atoms with Crippen LogP contribution < -0.4 is 0 Å². The second-order valence-corrected chi connectivity index (χ2v) is 6.03. The summed E-state index contributed by atoms with van der Waals surface area (Å²) in [6, 6.07) is 8.62. The number of carbonyl (C=O) groups excluding carboxylic acids is 2. The minimum absolute atomic E-state index is 0.107. The summed E-state index contributed by atoms with van der Waals surface area (Å²) in [5.41, 5.74) is -0.142. The standard InChI is InChI=1S/C19H16F3NO2/c20-14-6-4-12(5-7-14)18(24)13-8-10-23(11-9-13)19(25)17-15(21)2-1-3-16(17)22/h1-7,13H,8-11H2. The molecule has 0 aliphatic carbocycles. The second-order valence-electron chi connectivity index (χ2n) is 6.03. The van der Waals surface area contributed by atoms with E-state index >= 15 is 0 Å². The van der Waals surface area contributed by atoms with Gasteiger partial charge in [0.1, 0.15) is 23.0 Å². The van der Waals surface area contributed by atoms with Crippen LogP contribution in [0.2, 0.25) is 0 Å². The molecule has 1 heterocycles. The van der Waals surface area contributed by atoms with Gasteiger partial charge in [0.25, 0.3) is 5.91 Å². The molecule has 1 fully saturated rings. The van der Waals surface area contributed by atoms with Gasteiger partial charge < -0.3 is 4.90 Å². The molecule has 1 aliphatic heterocycles. The fraction of sp³-hybridized carbons (Fsp3) is 0.263. The average molecular weight is 347 g/mol. The van der Waals surface area contributed by atoms with Gasteiger partial charge in [0.15, 0.2) is 5.78 Å². The van der Waals surface area contributed by atoms with Crippen molar-refractivity contribution >= 4 is 11.7 Å². The number of piperidine rings is 1. The minimum Gasteiger partial charge on any atom is -0.338 e. The summed E-state index contributed by atoms with van der Waals surface area (Å²) in [7, 11) is 0. The van der Waals surface area contributed by atoms with Gasteiger partial charge in [0, 0.05) is 24.6 Å². The van der Waals surface area contributed by atoms with Crippen LogP contribution in [0, 0.1) is 23.4 Å². The monoisotopic (exact) mass is 347 g/mol. The van der Waals surface area contributed by atoms with Gasteiger partial charge in [-0.2, -0.15) is 0 Å². The van der Waals surface area contributed by atoms with E-state index in [0.29, 0.717) is 18.4 Å². The van der Waals surface area contributed by atoms with Crippen LogP contribution in [0.15, 0.2) is 42.5 Å². The van der Waals surface area contributed by atoms with Crippen molar-refractivity contribution in [3.63, 3.8) is 0 Å². The van der Waals surface area contributed by atoms with Gasteiger partial charge in [0.2, 0.25) is 0 Å². The van der Waals surface area contributed by atoms with E-state index < -0.39 is 28.9 Å². The summed E-state index contributed by atoms with van der Waals surface area (Å²) >= 11 is 0. The third-order valence-electron chi connectivity index (χ3n) is 4.46. The molecule has 2 aromatic rings. The lowest BCUT2D eigenvalue weighted by atomic mass is 9.88. The molecule has 130 valence electrons. The Bertz CT molecular complexity index is 777. The van der Waals surface area contributed by atoms with E-state index in [1.54, 1.807) is 0 Å². The zero-order valence-electron chi connectivity index (χ0n) is 13.3. The van der Waals surface area contributed by atoms with Crippen molar-refractivity contribution in [2.24, 2.45) is 5.92 Å². The van der Waals surface area contributed by atoms with E-state index in [4.69, 9.17) is 0 Å². The minimum atomic E-state index is -0.894. The number of rotatable bonds is 3. The Morgan fingerprint density at radius 2 is 1.44 bits per heavy atom. The molecule has 0 unspecified atom stereocenters. The van der Waals surface area contributed by atoms with E-state index in [9.17, 15) is 22.8 Å². The quantitative estimate of drug-likeness (QED) is 0.791. The highest BCUT2D eigenvalue weighted by molar-refractivity contribution is 5.98. The molecule has 0 N–H and O–H groups in total. The van der Waals surface area contributed by atoms with E-state index in [-0.39, 0.29) is 24.8 Å². The molecule has 0 saturated carbocycles. The highest BCUT2D eigenvalue weighted by Gasteiger charge is 2.30. The molecule has 3 nitrogen and oxygen atoms in total. The number of likely N-dealkylation sites (tertiary alicyclic amines) is 1. The van der Waals surface area contributed by atoms with Gasteiger partial charge in [-0.15, -0.1) is 0 Å². The Morgan fingerprint density at radius 1 is 0.880 bits per heavy atom. The van der Waals surface area contributed by atoms with E-state index in [1.165, 1.54) is 35.2 Å². The van der Waals surface area contributed by atoms with Crippen LogP contribution in [0.3, 0.4) is 0 Å². The van der Waals surface area contributed by atoms with Gasteiger partial charge in [-0.3, -0.25) is 9.59 Å². The molecular weight excluding hydrogens is 331 g/mol. The van der Waals surface area contributed by atoms with Crippen molar-refractivity contribution in [3.05, 3.63) is 71.0 Å². The summed E-state index contributed by atoms with van der Waals surface area (Å²) in [5.74, 6) is -3.31. The zero-order valence-corrected chi connectivity index (χ0v) is 13.3. The number of carbonyl (C=O) groups is 2. The molecule has 0 spiro atoms. The van der Waals surface area contributed by atoms with Crippen LogP contribution in [0.4, 0.5) is 13.2 Å². The highest BCUT2D eigenvalue weighted by atomic mass is 19.1. The van der Waals surface area contributed by atoms with Gasteiger partial charge in [-0.05, 0) is 49.2 Å². The summed E-state index contributed by atoms with van der Waals surface area (Å²) in [4.78, 5) is 26.1. The number of benzene rings is 2. The lowest BCUT2D eigenvalue weighted by Gasteiger charge is -2.31. The Hall–Kier alpha value is -2.63. The molecule has 25 heavy (non-hydrogen) atoms. The molecular formula is C19H16F3NO2. The van der Waals surface area contributed by atoms with Crippen LogP contribution in [0.25, 0.3) is 0 Å². The highest BCUT2D eigenvalue weighted by Crippen LogP contribution is 2.24. The number of halogens is 3. The van der Waals surface area contributed by atoms with Gasteiger partial charge in [-0.1, -0.05) is 6.07 Å². The smallest absolute Gasteiger partial charge is 0.259 e. The number of nitrogens with zero attached hydrogens (tertiary/aromatic N) is 1. The van der Waals surface area contributed by atoms with E-state index in [0.717, 1.165) is 12.1 Å². The molecule has 0 bridgehead atoms. The number of hydrogen-bond acceptors (Lipinski definition) is 2. The number of hydrogen-bond donors (Lipinski definition) is 0. The van der Waals surface area contributed by atoms with Gasteiger partial charge in [0.05, 0.1) is 0 Å². The summed E-state index contributed by atoms with van der Waals surface area (Å²) in [5, 5.41) is 0. The SMILES string of the molecule is O=C(c1ccc(F)cc1)C1CCN(C(=O)c2c(F)cccc2F)CC1. The zero-order chi connectivity index (χ0) is 18.0. The normalized spacial score (nSPS) is 15.2. The van der Waals surface area contributed by atoms with Crippen molar-refractivity contribution in [2.45, 2.75) is 12.8 Å². The maximum atomic E-state index is 13.7. The second kappa shape index (κ2) is 7.09. The largest absolute Gasteiger partial charge is 0.338 e. The predicted molar refractivity (Wildman–Crippen MR) is 85.7 cm³/mol. The van der Waals surface area contributed by atoms with Gasteiger partial charge >= 0.3 is 0 Å². The first-order valence-corrected chi connectivity index (χ1v) is 8.00. The third-order valence-corrected chi connectivity index (χ3v) is 4.46. The average Bonchev–Trinajstić information content (AvgIpc) is 2.61. The Labute approximate surface area is 143 Å². The molecule has 1 amide bonds. The number of amides is 1. The fourth-order valence-corrected chi connectivity index (χ4v) is 3.05. The first-order valence-electron chi connectivity index (χ1n) is 8.00. The van der Waals surface area contributed by atoms with E-state index in [2.05, 4.69) is 0 Å². The summed E-state index contributed by atoms with van der Waals surface area (Å²) < 4.78 is 40.4. The molecule has 0 radical (unpaired) electrons. The van der Waals surface area contributed by atoms with Crippen LogP contribution >= 0.6 is 0 Å². The Morgan fingerprint density at radius 3 is 2.00 bits per heavy atom. The molecule has 0 atom stereocenters. The molecule has 1 saturated heterocycles. The molecule has 2 aromatic carbocycles. The molecule has 0 aromatic heterocycles. The van der Waals surface area contributed by atoms with Crippen LogP contribution in [-0.4, -0.2) is 29.7 Å². The maximum absolute atomic E-state index is 13.7. The summed E-state index contributed by atoms with van der Waals surface area (Å²) in [6.07, 6.45) is 0.802. The molecule has 1 aliphatic rings. The van der Waals surface area contributed by atoms with Crippen molar-refractivity contribution in [2.75, 3.05) is 13.1 Å². The fourth-order valence-electron chi connectivity index (χ4n) is 3.05. The van der Waals surface area contributed by atoms with Crippen molar-refractivity contribution in [1.82, 2.24) is 4.90 Å². The maximum Gasteiger partial charge on any atom is 0.259 e. The predicted octanol–water partition coefficient (Wildman–Crippen LogP) is 3.84. The lowest BCUT2D eigenvalue weighted by Crippen LogP contribution is -2.41. The first-order chi connectivity index (χ1) is 12.0. The van der Waals surface area contributed by atoms with E-state index in [1.807, 2.05) is 0 Å². The van der Waals surface area contributed by atoms with Gasteiger partial charge in [-0.25, -0.2) is 13.2 Å². The molecule has 3 rings (SSSR count). The molecule has 6 heteroatoms.